The van der Waals surface area contributed by atoms with E-state index in [2.05, 4.69) is 15.6 Å². The van der Waals surface area contributed by atoms with E-state index in [1.54, 1.807) is 31.2 Å². The molecule has 0 spiro atoms. The Morgan fingerprint density at radius 1 is 1.13 bits per heavy atom. The number of nitriles is 1. The van der Waals surface area contributed by atoms with Gasteiger partial charge in [-0.2, -0.15) is 5.26 Å². The van der Waals surface area contributed by atoms with Gasteiger partial charge in [0.1, 0.15) is 11.8 Å². The second-order valence-electron chi connectivity index (χ2n) is 4.30. The molecule has 0 atom stereocenters. The third-order valence-electron chi connectivity index (χ3n) is 2.57. The van der Waals surface area contributed by atoms with Crippen molar-refractivity contribution in [1.82, 2.24) is 10.9 Å². The fraction of sp³-hybridized carbons (Fsp3) is 0.333. The van der Waals surface area contributed by atoms with Crippen LogP contribution in [0.4, 0.5) is 0 Å². The molecule has 2 N–H and O–H groups in total. The summed E-state index contributed by atoms with van der Waals surface area (Å²) in [4.78, 5) is 34.0. The van der Waals surface area contributed by atoms with Crippen LogP contribution < -0.4 is 15.6 Å². The second-order valence-corrected chi connectivity index (χ2v) is 4.30. The number of para-hydroxylation sites is 1. The Balaban J connectivity index is 2.28. The smallest absolute Gasteiger partial charge is 0.306 e. The van der Waals surface area contributed by atoms with Gasteiger partial charge >= 0.3 is 5.97 Å². The summed E-state index contributed by atoms with van der Waals surface area (Å²) in [5, 5.41) is 8.88. The molecular formula is C15H17N3O5. The van der Waals surface area contributed by atoms with Gasteiger partial charge in [0.2, 0.25) is 5.91 Å². The Hall–Kier alpha value is -3.08. The fourth-order valence-corrected chi connectivity index (χ4v) is 1.51. The summed E-state index contributed by atoms with van der Waals surface area (Å²) in [6.07, 6.45) is -0.168. The SMILES string of the molecule is CCOC(=O)CCC(=O)NNC(=O)COc1ccccc1C#N. The van der Waals surface area contributed by atoms with Gasteiger partial charge < -0.3 is 9.47 Å². The van der Waals surface area contributed by atoms with Crippen LogP contribution >= 0.6 is 0 Å². The van der Waals surface area contributed by atoms with E-state index in [4.69, 9.17) is 10.00 Å². The average molecular weight is 319 g/mol. The molecule has 1 rings (SSSR count). The van der Waals surface area contributed by atoms with E-state index in [0.717, 1.165) is 0 Å². The Morgan fingerprint density at radius 3 is 2.52 bits per heavy atom. The minimum atomic E-state index is -0.595. The Kier molecular flexibility index (Phi) is 7.64. The van der Waals surface area contributed by atoms with E-state index in [0.29, 0.717) is 5.56 Å². The topological polar surface area (TPSA) is 118 Å². The number of ether oxygens (including phenoxy) is 2. The average Bonchev–Trinajstić information content (AvgIpc) is 2.56. The van der Waals surface area contributed by atoms with E-state index in [1.165, 1.54) is 0 Å². The molecule has 0 unspecified atom stereocenters. The Bertz CT molecular complexity index is 609. The van der Waals surface area contributed by atoms with Gasteiger partial charge in [0.25, 0.3) is 5.91 Å². The van der Waals surface area contributed by atoms with Gasteiger partial charge in [-0.25, -0.2) is 0 Å². The maximum Gasteiger partial charge on any atom is 0.306 e. The third kappa shape index (κ3) is 6.95. The van der Waals surface area contributed by atoms with Gasteiger partial charge in [-0.05, 0) is 19.1 Å². The molecule has 2 amide bonds. The first-order valence-corrected chi connectivity index (χ1v) is 6.92. The number of rotatable bonds is 7. The Labute approximate surface area is 133 Å². The molecule has 8 nitrogen and oxygen atoms in total. The number of hydrazine groups is 1. The van der Waals surface area contributed by atoms with Crippen molar-refractivity contribution in [2.75, 3.05) is 13.2 Å². The number of hydrogen-bond acceptors (Lipinski definition) is 6. The third-order valence-corrected chi connectivity index (χ3v) is 2.57. The van der Waals surface area contributed by atoms with Crippen molar-refractivity contribution in [3.8, 4) is 11.8 Å². The van der Waals surface area contributed by atoms with Gasteiger partial charge in [0.15, 0.2) is 6.61 Å². The molecule has 0 aliphatic carbocycles. The zero-order valence-electron chi connectivity index (χ0n) is 12.6. The molecule has 0 radical (unpaired) electrons. The highest BCUT2D eigenvalue weighted by atomic mass is 16.5. The number of benzene rings is 1. The largest absolute Gasteiger partial charge is 0.482 e. The fourth-order valence-electron chi connectivity index (χ4n) is 1.51. The van der Waals surface area contributed by atoms with Crippen LogP contribution in [0.5, 0.6) is 5.75 Å². The molecule has 8 heteroatoms. The van der Waals surface area contributed by atoms with Crippen LogP contribution in [0.1, 0.15) is 25.3 Å². The number of carbonyl (C=O) groups excluding carboxylic acids is 3. The maximum atomic E-state index is 11.5. The highest BCUT2D eigenvalue weighted by Crippen LogP contribution is 2.15. The molecule has 1 aromatic rings. The van der Waals surface area contributed by atoms with Crippen LogP contribution in [-0.2, 0) is 19.1 Å². The second kappa shape index (κ2) is 9.78. The molecule has 0 aliphatic heterocycles. The van der Waals surface area contributed by atoms with Crippen LogP contribution in [0.3, 0.4) is 0 Å². The molecule has 122 valence electrons. The van der Waals surface area contributed by atoms with Crippen molar-refractivity contribution < 1.29 is 23.9 Å². The summed E-state index contributed by atoms with van der Waals surface area (Å²) in [7, 11) is 0. The lowest BCUT2D eigenvalue weighted by Gasteiger charge is -2.09. The highest BCUT2D eigenvalue weighted by Gasteiger charge is 2.10. The Morgan fingerprint density at radius 2 is 1.83 bits per heavy atom. The molecule has 0 aromatic heterocycles. The minimum Gasteiger partial charge on any atom is -0.482 e. The normalized spacial score (nSPS) is 9.39. The first-order chi connectivity index (χ1) is 11.1. The summed E-state index contributed by atoms with van der Waals surface area (Å²) in [6.45, 7) is 1.55. The number of carbonyl (C=O) groups is 3. The van der Waals surface area contributed by atoms with Crippen LogP contribution in [0, 0.1) is 11.3 Å². The van der Waals surface area contributed by atoms with Gasteiger partial charge in [0.05, 0.1) is 18.6 Å². The number of nitrogens with one attached hydrogen (secondary N) is 2. The lowest BCUT2D eigenvalue weighted by molar-refractivity contribution is -0.144. The zero-order valence-corrected chi connectivity index (χ0v) is 12.6. The molecule has 0 saturated heterocycles. The van der Waals surface area contributed by atoms with E-state index in [1.807, 2.05) is 6.07 Å². The summed E-state index contributed by atoms with van der Waals surface area (Å²) in [6, 6.07) is 8.40. The first kappa shape index (κ1) is 18.0. The summed E-state index contributed by atoms with van der Waals surface area (Å²) in [5.41, 5.74) is 4.61. The van der Waals surface area contributed by atoms with Crippen LogP contribution in [-0.4, -0.2) is 31.0 Å². The summed E-state index contributed by atoms with van der Waals surface area (Å²) in [5.74, 6) is -1.32. The standard InChI is InChI=1S/C15H17N3O5/c1-2-22-15(21)8-7-13(19)17-18-14(20)10-23-12-6-4-3-5-11(12)9-16/h3-6H,2,7-8,10H2,1H3,(H,17,19)(H,18,20). The zero-order chi connectivity index (χ0) is 17.1. The highest BCUT2D eigenvalue weighted by molar-refractivity contribution is 5.84. The first-order valence-electron chi connectivity index (χ1n) is 6.92. The quantitative estimate of drug-likeness (QED) is 0.556. The van der Waals surface area contributed by atoms with Gasteiger partial charge in [-0.1, -0.05) is 12.1 Å². The van der Waals surface area contributed by atoms with Gasteiger partial charge in [0, 0.05) is 6.42 Å². The van der Waals surface area contributed by atoms with Crippen LogP contribution in [0.15, 0.2) is 24.3 Å². The maximum absolute atomic E-state index is 11.5. The van der Waals surface area contributed by atoms with Gasteiger partial charge in [-0.3, -0.25) is 25.2 Å². The van der Waals surface area contributed by atoms with Crippen molar-refractivity contribution in [3.63, 3.8) is 0 Å². The number of hydrogen-bond donors (Lipinski definition) is 2. The molecule has 23 heavy (non-hydrogen) atoms. The van der Waals surface area contributed by atoms with E-state index in [-0.39, 0.29) is 31.8 Å². The van der Waals surface area contributed by atoms with Crippen molar-refractivity contribution in [2.45, 2.75) is 19.8 Å². The lowest BCUT2D eigenvalue weighted by atomic mass is 10.2. The van der Waals surface area contributed by atoms with E-state index >= 15 is 0 Å². The molecule has 0 bridgehead atoms. The van der Waals surface area contributed by atoms with Crippen molar-refractivity contribution >= 4 is 17.8 Å². The predicted octanol–water partition coefficient (Wildman–Crippen LogP) is 0.428. The number of amides is 2. The molecule has 0 aliphatic rings. The molecule has 1 aromatic carbocycles. The van der Waals surface area contributed by atoms with Crippen molar-refractivity contribution in [3.05, 3.63) is 29.8 Å². The van der Waals surface area contributed by atoms with Crippen LogP contribution in [0.2, 0.25) is 0 Å². The molecule has 0 fully saturated rings. The number of esters is 1. The molecular weight excluding hydrogens is 302 g/mol. The van der Waals surface area contributed by atoms with Crippen molar-refractivity contribution in [1.29, 1.82) is 5.26 Å². The number of nitrogens with zero attached hydrogens (tertiary/aromatic N) is 1. The van der Waals surface area contributed by atoms with Crippen molar-refractivity contribution in [2.24, 2.45) is 0 Å². The monoisotopic (exact) mass is 319 g/mol. The lowest BCUT2D eigenvalue weighted by Crippen LogP contribution is -2.43. The predicted molar refractivity (Wildman–Crippen MR) is 78.8 cm³/mol. The summed E-state index contributed by atoms with van der Waals surface area (Å²) < 4.78 is 9.87. The van der Waals surface area contributed by atoms with Gasteiger partial charge in [-0.15, -0.1) is 0 Å². The van der Waals surface area contributed by atoms with E-state index < -0.39 is 17.8 Å². The molecule has 0 heterocycles. The van der Waals surface area contributed by atoms with Crippen LogP contribution in [0.25, 0.3) is 0 Å². The summed E-state index contributed by atoms with van der Waals surface area (Å²) >= 11 is 0. The minimum absolute atomic E-state index is 0.0679. The van der Waals surface area contributed by atoms with E-state index in [9.17, 15) is 14.4 Å². The molecule has 0 saturated carbocycles.